The summed E-state index contributed by atoms with van der Waals surface area (Å²) in [7, 11) is 0. The van der Waals surface area contributed by atoms with Crippen molar-refractivity contribution in [3.05, 3.63) is 206 Å². The van der Waals surface area contributed by atoms with Crippen LogP contribution in [0, 0.1) is 0 Å². The number of hydrogen-bond acceptors (Lipinski definition) is 5. The molecule has 0 aliphatic rings. The fraction of sp³-hybridized carbons (Fsp3) is 0. The zero-order chi connectivity index (χ0) is 41.4. The van der Waals surface area contributed by atoms with Crippen molar-refractivity contribution < 1.29 is 4.42 Å². The lowest BCUT2D eigenvalue weighted by Gasteiger charge is -2.10. The van der Waals surface area contributed by atoms with E-state index in [0.717, 1.165) is 55.3 Å². The van der Waals surface area contributed by atoms with Crippen LogP contribution in [0.2, 0.25) is 0 Å². The predicted molar refractivity (Wildman–Crippen MR) is 262 cm³/mol. The van der Waals surface area contributed by atoms with Crippen LogP contribution in [0.15, 0.2) is 211 Å². The third-order valence-corrected chi connectivity index (χ3v) is 13.4. The van der Waals surface area contributed by atoms with Gasteiger partial charge in [0.25, 0.3) is 0 Å². The van der Waals surface area contributed by atoms with Crippen molar-refractivity contribution in [3.8, 4) is 62.1 Å². The van der Waals surface area contributed by atoms with Crippen LogP contribution in [0.4, 0.5) is 0 Å². The first kappa shape index (κ1) is 35.6. The maximum atomic E-state index is 6.66. The van der Waals surface area contributed by atoms with Crippen molar-refractivity contribution in [2.45, 2.75) is 0 Å². The largest absolute Gasteiger partial charge is 0.456 e. The molecule has 0 radical (unpaired) electrons. The molecule has 0 unspecified atom stereocenters. The molecule has 13 rings (SSSR count). The van der Waals surface area contributed by atoms with Crippen molar-refractivity contribution in [2.75, 3.05) is 0 Å². The Morgan fingerprint density at radius 1 is 0.333 bits per heavy atom. The van der Waals surface area contributed by atoms with Crippen LogP contribution in [0.1, 0.15) is 0 Å². The molecule has 0 aliphatic heterocycles. The summed E-state index contributed by atoms with van der Waals surface area (Å²) in [6, 6.07) is 72.7. The van der Waals surface area contributed by atoms with Crippen molar-refractivity contribution in [2.24, 2.45) is 0 Å². The molecule has 0 aliphatic carbocycles. The van der Waals surface area contributed by atoms with E-state index in [4.69, 9.17) is 19.4 Å². The van der Waals surface area contributed by atoms with Crippen molar-refractivity contribution >= 4 is 75.3 Å². The van der Waals surface area contributed by atoms with Gasteiger partial charge in [0.05, 0.1) is 22.1 Å². The Labute approximate surface area is 365 Å². The molecule has 0 atom stereocenters. The van der Waals surface area contributed by atoms with E-state index in [9.17, 15) is 0 Å². The zero-order valence-corrected chi connectivity index (χ0v) is 34.6. The smallest absolute Gasteiger partial charge is 0.164 e. The van der Waals surface area contributed by atoms with Gasteiger partial charge in [-0.15, -0.1) is 11.3 Å². The van der Waals surface area contributed by atoms with E-state index in [1.807, 2.05) is 30.3 Å². The van der Waals surface area contributed by atoms with Gasteiger partial charge < -0.3 is 8.98 Å². The lowest BCUT2D eigenvalue weighted by Crippen LogP contribution is -2.00. The number of rotatable bonds is 6. The third-order valence-electron chi connectivity index (χ3n) is 12.3. The standard InChI is InChI=1S/C57H34N4OS/c1-3-13-35(14-4-1)37-17-11-18-38(31-37)39-27-30-52-46(32-39)44-28-25-41(34-53(44)63-52)57-59-55(36-15-5-2-6-16-36)58-56(60-57)40-26-29-45-51(33-40)62-50-24-12-23-49(54(45)50)61-47-21-9-7-19-42(47)43-20-8-10-22-48(43)61/h1-34H. The van der Waals surface area contributed by atoms with Gasteiger partial charge in [-0.1, -0.05) is 146 Å². The maximum Gasteiger partial charge on any atom is 0.164 e. The van der Waals surface area contributed by atoms with E-state index in [2.05, 4.69) is 180 Å². The highest BCUT2D eigenvalue weighted by molar-refractivity contribution is 7.25. The number of benzene rings is 9. The van der Waals surface area contributed by atoms with Crippen LogP contribution in [-0.2, 0) is 0 Å². The van der Waals surface area contributed by atoms with E-state index in [1.165, 1.54) is 53.2 Å². The Hall–Kier alpha value is -8.19. The molecule has 294 valence electrons. The lowest BCUT2D eigenvalue weighted by molar-refractivity contribution is 0.669. The summed E-state index contributed by atoms with van der Waals surface area (Å²) in [5, 5.41) is 7.00. The fourth-order valence-corrected chi connectivity index (χ4v) is 10.4. The van der Waals surface area contributed by atoms with Gasteiger partial charge in [-0.05, 0) is 82.9 Å². The first-order valence-corrected chi connectivity index (χ1v) is 21.9. The molecular weight excluding hydrogens is 789 g/mol. The molecule has 4 aromatic heterocycles. The second kappa shape index (κ2) is 14.2. The molecular formula is C57H34N4OS. The molecule has 63 heavy (non-hydrogen) atoms. The number of para-hydroxylation sites is 2. The highest BCUT2D eigenvalue weighted by atomic mass is 32.1. The Bertz CT molecular complexity index is 3870. The van der Waals surface area contributed by atoms with Gasteiger partial charge in [-0.3, -0.25) is 0 Å². The summed E-state index contributed by atoms with van der Waals surface area (Å²) < 4.78 is 11.4. The molecule has 6 heteroatoms. The van der Waals surface area contributed by atoms with Crippen LogP contribution in [0.25, 0.3) is 126 Å². The minimum absolute atomic E-state index is 0.586. The highest BCUT2D eigenvalue weighted by Crippen LogP contribution is 2.41. The molecule has 0 amide bonds. The summed E-state index contributed by atoms with van der Waals surface area (Å²) >= 11 is 1.79. The van der Waals surface area contributed by atoms with Crippen LogP contribution in [0.3, 0.4) is 0 Å². The monoisotopic (exact) mass is 822 g/mol. The molecule has 0 saturated carbocycles. The topological polar surface area (TPSA) is 56.7 Å². The van der Waals surface area contributed by atoms with Crippen molar-refractivity contribution in [1.82, 2.24) is 19.5 Å². The van der Waals surface area contributed by atoms with Gasteiger partial charge in [0.15, 0.2) is 17.5 Å². The summed E-state index contributed by atoms with van der Waals surface area (Å²) in [6.07, 6.45) is 0. The molecule has 0 fully saturated rings. The van der Waals surface area contributed by atoms with Crippen molar-refractivity contribution in [1.29, 1.82) is 0 Å². The van der Waals surface area contributed by atoms with E-state index < -0.39 is 0 Å². The normalized spacial score (nSPS) is 11.8. The number of aromatic nitrogens is 4. The maximum absolute atomic E-state index is 6.66. The van der Waals surface area contributed by atoms with E-state index in [0.29, 0.717) is 17.5 Å². The first-order valence-electron chi connectivity index (χ1n) is 21.1. The molecule has 0 spiro atoms. The van der Waals surface area contributed by atoms with Gasteiger partial charge in [-0.25, -0.2) is 15.0 Å². The molecule has 0 bridgehead atoms. The number of hydrogen-bond donors (Lipinski definition) is 0. The Kier molecular flexibility index (Phi) is 8.01. The van der Waals surface area contributed by atoms with Crippen molar-refractivity contribution in [3.63, 3.8) is 0 Å². The van der Waals surface area contributed by atoms with Gasteiger partial charge in [0.1, 0.15) is 11.2 Å². The highest BCUT2D eigenvalue weighted by Gasteiger charge is 2.20. The molecule has 0 N–H and O–H groups in total. The minimum Gasteiger partial charge on any atom is -0.456 e. The molecule has 13 aromatic rings. The van der Waals surface area contributed by atoms with E-state index in [-0.39, 0.29) is 0 Å². The van der Waals surface area contributed by atoms with Gasteiger partial charge >= 0.3 is 0 Å². The summed E-state index contributed by atoms with van der Waals surface area (Å²) in [6.45, 7) is 0. The quantitative estimate of drug-likeness (QED) is 0.168. The lowest BCUT2D eigenvalue weighted by atomic mass is 9.98. The third kappa shape index (κ3) is 5.87. The van der Waals surface area contributed by atoms with Crippen LogP contribution >= 0.6 is 11.3 Å². The summed E-state index contributed by atoms with van der Waals surface area (Å²) in [5.41, 5.74) is 12.5. The Morgan fingerprint density at radius 3 is 1.62 bits per heavy atom. The summed E-state index contributed by atoms with van der Waals surface area (Å²) in [4.78, 5) is 15.3. The number of furan rings is 1. The molecule has 5 nitrogen and oxygen atoms in total. The summed E-state index contributed by atoms with van der Waals surface area (Å²) in [5.74, 6) is 1.82. The molecule has 4 heterocycles. The van der Waals surface area contributed by atoms with Crippen LogP contribution in [0.5, 0.6) is 0 Å². The first-order chi connectivity index (χ1) is 31.2. The molecule has 0 saturated heterocycles. The number of thiophene rings is 1. The average Bonchev–Trinajstić information content (AvgIpc) is 4.03. The van der Waals surface area contributed by atoms with Gasteiger partial charge in [0, 0.05) is 53.0 Å². The fourth-order valence-electron chi connectivity index (χ4n) is 9.27. The number of nitrogens with zero attached hydrogens (tertiary/aromatic N) is 4. The van der Waals surface area contributed by atoms with E-state index in [1.54, 1.807) is 11.3 Å². The Balaban J connectivity index is 0.918. The van der Waals surface area contributed by atoms with Gasteiger partial charge in [-0.2, -0.15) is 0 Å². The second-order valence-corrected chi connectivity index (χ2v) is 17.1. The minimum atomic E-state index is 0.586. The van der Waals surface area contributed by atoms with E-state index >= 15 is 0 Å². The zero-order valence-electron chi connectivity index (χ0n) is 33.7. The Morgan fingerprint density at radius 2 is 0.889 bits per heavy atom. The van der Waals surface area contributed by atoms with Crippen LogP contribution in [-0.4, -0.2) is 19.5 Å². The number of fused-ring (bicyclic) bond motifs is 9. The molecule has 9 aromatic carbocycles. The average molecular weight is 823 g/mol. The SMILES string of the molecule is c1ccc(-c2cccc(-c3ccc4sc5cc(-c6nc(-c7ccccc7)nc(-c7ccc8c(c7)oc7cccc(-n9c%10ccccc%10c%10ccccc%109)c78)n6)ccc5c4c3)c2)cc1. The second-order valence-electron chi connectivity index (χ2n) is 16.0. The van der Waals surface area contributed by atoms with Crippen LogP contribution < -0.4 is 0 Å². The predicted octanol–water partition coefficient (Wildman–Crippen LogP) is 15.6. The van der Waals surface area contributed by atoms with Gasteiger partial charge in [0.2, 0.25) is 0 Å².